The molecule has 0 heterocycles. The number of Topliss-reactive ketones (excluding diaryl/α,β-unsaturated/α-hetero) is 1. The molecular weight excluding hydrogens is 452 g/mol. The normalized spacial score (nSPS) is 27.8. The Bertz CT molecular complexity index is 1030. The maximum absolute atomic E-state index is 12.9. The van der Waals surface area contributed by atoms with E-state index in [4.69, 9.17) is 9.47 Å². The van der Waals surface area contributed by atoms with E-state index in [1.807, 2.05) is 0 Å². The first kappa shape index (κ1) is 23.6. The van der Waals surface area contributed by atoms with Gasteiger partial charge in [0.05, 0.1) is 23.3 Å². The molecule has 0 spiro atoms. The first-order chi connectivity index (χ1) is 15.6. The summed E-state index contributed by atoms with van der Waals surface area (Å²) in [6.45, 7) is -0.533. The van der Waals surface area contributed by atoms with Crippen molar-refractivity contribution in [3.05, 3.63) is 28.3 Å². The molecule has 5 rings (SSSR count). The van der Waals surface area contributed by atoms with Gasteiger partial charge in [-0.05, 0) is 68.4 Å². The zero-order valence-electron chi connectivity index (χ0n) is 18.4. The van der Waals surface area contributed by atoms with Crippen LogP contribution in [0.4, 0.5) is 5.69 Å². The van der Waals surface area contributed by atoms with Gasteiger partial charge in [-0.25, -0.2) is 13.1 Å². The van der Waals surface area contributed by atoms with Crippen molar-refractivity contribution >= 4 is 27.5 Å². The van der Waals surface area contributed by atoms with E-state index < -0.39 is 26.6 Å². The molecule has 0 radical (unpaired) electrons. The minimum Gasteiger partial charge on any atom is -0.490 e. The summed E-state index contributed by atoms with van der Waals surface area (Å²) < 4.78 is 37.1. The number of nitrogens with one attached hydrogen (secondary N) is 1. The van der Waals surface area contributed by atoms with Gasteiger partial charge in [0.25, 0.3) is 0 Å². The fraction of sp³-hybridized carbons (Fsp3) is 0.636. The molecule has 0 saturated heterocycles. The van der Waals surface area contributed by atoms with Crippen LogP contribution in [0.25, 0.3) is 0 Å². The van der Waals surface area contributed by atoms with Crippen LogP contribution in [-0.2, 0) is 24.3 Å². The van der Waals surface area contributed by atoms with Crippen molar-refractivity contribution in [1.29, 1.82) is 0 Å². The Balaban J connectivity index is 1.27. The third kappa shape index (κ3) is 4.89. The van der Waals surface area contributed by atoms with Crippen LogP contribution in [0.2, 0.25) is 0 Å². The Hall–Kier alpha value is -2.53. The maximum atomic E-state index is 12.9. The van der Waals surface area contributed by atoms with Gasteiger partial charge in [-0.15, -0.1) is 0 Å². The molecule has 10 nitrogen and oxygen atoms in total. The van der Waals surface area contributed by atoms with Crippen molar-refractivity contribution in [2.24, 2.45) is 23.2 Å². The van der Waals surface area contributed by atoms with Crippen LogP contribution in [-0.4, -0.2) is 45.4 Å². The predicted octanol–water partition coefficient (Wildman–Crippen LogP) is 2.60. The molecule has 4 saturated carbocycles. The Kier molecular flexibility index (Phi) is 6.45. The predicted molar refractivity (Wildman–Crippen MR) is 116 cm³/mol. The molecule has 180 valence electrons. The number of carbonyl (C=O) groups is 2. The highest BCUT2D eigenvalue weighted by molar-refractivity contribution is 7.89. The summed E-state index contributed by atoms with van der Waals surface area (Å²) in [6, 6.07) is 3.26. The van der Waals surface area contributed by atoms with Crippen LogP contribution >= 0.6 is 0 Å². The summed E-state index contributed by atoms with van der Waals surface area (Å²) in [5.41, 5.74) is -0.831. The van der Waals surface area contributed by atoms with Gasteiger partial charge in [-0.1, -0.05) is 0 Å². The Morgan fingerprint density at radius 2 is 1.76 bits per heavy atom. The average molecular weight is 481 g/mol. The fourth-order valence-corrected chi connectivity index (χ4v) is 7.23. The van der Waals surface area contributed by atoms with Crippen molar-refractivity contribution in [2.75, 3.05) is 20.3 Å². The molecule has 4 aliphatic carbocycles. The smallest absolute Gasteiger partial charge is 0.312 e. The van der Waals surface area contributed by atoms with Gasteiger partial charge in [0.2, 0.25) is 10.0 Å². The van der Waals surface area contributed by atoms with E-state index in [1.54, 1.807) is 0 Å². The number of benzene rings is 1. The summed E-state index contributed by atoms with van der Waals surface area (Å²) in [5, 5.41) is 11.1. The van der Waals surface area contributed by atoms with E-state index in [2.05, 4.69) is 4.72 Å². The Labute approximate surface area is 192 Å². The molecule has 0 amide bonds. The fourth-order valence-electron chi connectivity index (χ4n) is 6.17. The number of sulfonamides is 1. The van der Waals surface area contributed by atoms with Crippen molar-refractivity contribution in [3.8, 4) is 5.75 Å². The zero-order chi connectivity index (χ0) is 23.8. The number of esters is 1. The van der Waals surface area contributed by atoms with Crippen molar-refractivity contribution < 1.29 is 32.4 Å². The quantitative estimate of drug-likeness (QED) is 0.306. The van der Waals surface area contributed by atoms with Crippen LogP contribution in [0.15, 0.2) is 23.1 Å². The van der Waals surface area contributed by atoms with Gasteiger partial charge in [0.15, 0.2) is 18.1 Å². The lowest BCUT2D eigenvalue weighted by atomic mass is 9.48. The van der Waals surface area contributed by atoms with Gasteiger partial charge in [0, 0.05) is 18.0 Å². The summed E-state index contributed by atoms with van der Waals surface area (Å²) >= 11 is 0. The number of hydrogen-bond donors (Lipinski definition) is 1. The number of carbonyl (C=O) groups excluding carboxylic acids is 2. The summed E-state index contributed by atoms with van der Waals surface area (Å²) in [7, 11) is -2.84. The Morgan fingerprint density at radius 1 is 1.15 bits per heavy atom. The van der Waals surface area contributed by atoms with Crippen molar-refractivity contribution in [1.82, 2.24) is 4.72 Å². The largest absolute Gasteiger partial charge is 0.490 e. The molecule has 11 heteroatoms. The SMILES string of the molecule is COc1ccc(S(=O)(=O)NCCC(=O)OCC(=O)C23CC4CC(CC(C4)C2)C3)cc1[N+](=O)[O-]. The van der Waals surface area contributed by atoms with E-state index >= 15 is 0 Å². The van der Waals surface area contributed by atoms with Crippen molar-refractivity contribution in [2.45, 2.75) is 49.8 Å². The monoisotopic (exact) mass is 480 g/mol. The summed E-state index contributed by atoms with van der Waals surface area (Å²) in [4.78, 5) is 35.1. The molecule has 4 fully saturated rings. The molecule has 0 atom stereocenters. The highest BCUT2D eigenvalue weighted by atomic mass is 32.2. The van der Waals surface area contributed by atoms with Crippen LogP contribution in [0.3, 0.4) is 0 Å². The minimum atomic E-state index is -4.08. The first-order valence-corrected chi connectivity index (χ1v) is 12.6. The first-order valence-electron chi connectivity index (χ1n) is 11.1. The second kappa shape index (κ2) is 9.02. The Morgan fingerprint density at radius 3 is 2.30 bits per heavy atom. The van der Waals surface area contributed by atoms with E-state index in [9.17, 15) is 28.1 Å². The molecular formula is C22H28N2O8S. The number of ether oxygens (including phenoxy) is 2. The number of rotatable bonds is 10. The van der Waals surface area contributed by atoms with Gasteiger partial charge in [-0.2, -0.15) is 0 Å². The number of nitrogens with zero attached hydrogens (tertiary/aromatic N) is 1. The third-order valence-corrected chi connectivity index (χ3v) is 8.73. The summed E-state index contributed by atoms with van der Waals surface area (Å²) in [5.74, 6) is 1.08. The second-order valence-electron chi connectivity index (χ2n) is 9.52. The maximum Gasteiger partial charge on any atom is 0.312 e. The van der Waals surface area contributed by atoms with Crippen LogP contribution in [0, 0.1) is 33.3 Å². The standard InChI is InChI=1S/C22H28N2O8S/c1-31-19-3-2-17(9-18(19)24(27)28)33(29,30)23-5-4-21(26)32-13-20(25)22-10-14-6-15(11-22)8-16(7-14)12-22/h2-3,9,14-16,23H,4-8,10-13H2,1H3. The van der Waals surface area contributed by atoms with Crippen molar-refractivity contribution in [3.63, 3.8) is 0 Å². The molecule has 1 aromatic carbocycles. The van der Waals surface area contributed by atoms with Gasteiger partial charge in [-0.3, -0.25) is 19.7 Å². The topological polar surface area (TPSA) is 142 Å². The lowest BCUT2D eigenvalue weighted by Crippen LogP contribution is -2.51. The highest BCUT2D eigenvalue weighted by Gasteiger charge is 2.54. The molecule has 4 bridgehead atoms. The van der Waals surface area contributed by atoms with Gasteiger partial charge < -0.3 is 9.47 Å². The highest BCUT2D eigenvalue weighted by Crippen LogP contribution is 2.60. The number of nitro benzene ring substituents is 1. The molecule has 1 aromatic rings. The van der Waals surface area contributed by atoms with E-state index in [1.165, 1.54) is 38.5 Å². The second-order valence-corrected chi connectivity index (χ2v) is 11.3. The third-order valence-electron chi connectivity index (χ3n) is 7.27. The lowest BCUT2D eigenvalue weighted by molar-refractivity contribution is -0.386. The average Bonchev–Trinajstić information content (AvgIpc) is 2.75. The number of nitro groups is 1. The summed E-state index contributed by atoms with van der Waals surface area (Å²) in [6.07, 6.45) is 6.05. The molecule has 0 aliphatic heterocycles. The number of methoxy groups -OCH3 is 1. The molecule has 0 unspecified atom stereocenters. The molecule has 1 N–H and O–H groups in total. The van der Waals surface area contributed by atoms with Gasteiger partial charge >= 0.3 is 11.7 Å². The lowest BCUT2D eigenvalue weighted by Gasteiger charge is -2.55. The van der Waals surface area contributed by atoms with E-state index in [-0.39, 0.29) is 41.4 Å². The molecule has 33 heavy (non-hydrogen) atoms. The molecule has 0 aromatic heterocycles. The van der Waals surface area contributed by atoms with E-state index in [0.717, 1.165) is 25.3 Å². The van der Waals surface area contributed by atoms with Crippen LogP contribution < -0.4 is 9.46 Å². The van der Waals surface area contributed by atoms with Crippen LogP contribution in [0.5, 0.6) is 5.75 Å². The number of hydrogen-bond acceptors (Lipinski definition) is 8. The van der Waals surface area contributed by atoms with Gasteiger partial charge in [0.1, 0.15) is 0 Å². The minimum absolute atomic E-state index is 0.0129. The van der Waals surface area contributed by atoms with Crippen LogP contribution in [0.1, 0.15) is 44.9 Å². The zero-order valence-corrected chi connectivity index (χ0v) is 19.3. The van der Waals surface area contributed by atoms with E-state index in [0.29, 0.717) is 17.8 Å². The molecule has 4 aliphatic rings. The number of ketones is 1.